The smallest absolute Gasteiger partial charge is 0.251 e. The maximum atomic E-state index is 12.5. The highest BCUT2D eigenvalue weighted by Crippen LogP contribution is 2.31. The third-order valence-corrected chi connectivity index (χ3v) is 6.02. The number of carbonyl (C=O) groups is 2. The number of rotatable bonds is 5. The van der Waals surface area contributed by atoms with E-state index in [1.165, 1.54) is 0 Å². The summed E-state index contributed by atoms with van der Waals surface area (Å²) in [5.74, 6) is -0.0649. The largest absolute Gasteiger partial charge is 0.374 e. The maximum absolute atomic E-state index is 12.5. The van der Waals surface area contributed by atoms with Crippen LogP contribution in [0.1, 0.15) is 28.8 Å². The van der Waals surface area contributed by atoms with Gasteiger partial charge >= 0.3 is 0 Å². The van der Waals surface area contributed by atoms with E-state index < -0.39 is 12.1 Å². The van der Waals surface area contributed by atoms with Crippen LogP contribution in [0.15, 0.2) is 42.5 Å². The van der Waals surface area contributed by atoms with Gasteiger partial charge in [0.2, 0.25) is 0 Å². The van der Waals surface area contributed by atoms with Gasteiger partial charge in [0, 0.05) is 50.8 Å². The zero-order valence-corrected chi connectivity index (χ0v) is 18.3. The van der Waals surface area contributed by atoms with Crippen molar-refractivity contribution in [3.05, 3.63) is 53.6 Å². The molecule has 2 aromatic rings. The molecule has 7 heteroatoms. The quantitative estimate of drug-likeness (QED) is 0.753. The Morgan fingerprint density at radius 3 is 2.84 bits per heavy atom. The van der Waals surface area contributed by atoms with Crippen molar-refractivity contribution in [3.8, 4) is 17.2 Å². The normalized spacial score (nSPS) is 19.4. The number of carbonyl (C=O) groups excluding carboxylic acids is 2. The molecule has 0 aromatic heterocycles. The molecule has 1 amide bonds. The van der Waals surface area contributed by atoms with Crippen LogP contribution >= 0.6 is 0 Å². The van der Waals surface area contributed by atoms with Gasteiger partial charge in [0.15, 0.2) is 5.78 Å². The van der Waals surface area contributed by atoms with Crippen LogP contribution in [-0.2, 0) is 16.0 Å². The minimum atomic E-state index is -0.622. The van der Waals surface area contributed by atoms with Crippen LogP contribution in [-0.4, -0.2) is 57.1 Å². The Balaban J connectivity index is 1.42. The van der Waals surface area contributed by atoms with E-state index in [4.69, 9.17) is 4.74 Å². The number of hydrogen-bond acceptors (Lipinski definition) is 6. The zero-order valence-electron chi connectivity index (χ0n) is 18.3. The highest BCUT2D eigenvalue weighted by molar-refractivity contribution is 6.04. The molecule has 0 saturated carbocycles. The predicted molar refractivity (Wildman–Crippen MR) is 123 cm³/mol. The molecular formula is C25H28N4O3. The molecule has 7 nitrogen and oxygen atoms in total. The van der Waals surface area contributed by atoms with Crippen LogP contribution in [0.4, 0.5) is 5.69 Å². The Labute approximate surface area is 188 Å². The molecule has 32 heavy (non-hydrogen) atoms. The van der Waals surface area contributed by atoms with Crippen molar-refractivity contribution in [3.63, 3.8) is 0 Å². The molecule has 2 atom stereocenters. The minimum Gasteiger partial charge on any atom is -0.374 e. The SMILES string of the molecule is CN1CCC(=O)c2ccc(-c3ccc(C[C@@H](C#N)NC(=O)[C@@H]4CNCCCO4)cc3)cc21. The van der Waals surface area contributed by atoms with Crippen LogP contribution in [0.2, 0.25) is 0 Å². The molecule has 166 valence electrons. The van der Waals surface area contributed by atoms with Gasteiger partial charge in [-0.3, -0.25) is 9.59 Å². The summed E-state index contributed by atoms with van der Waals surface area (Å²) in [6, 6.07) is 15.5. The lowest BCUT2D eigenvalue weighted by Gasteiger charge is -2.27. The zero-order chi connectivity index (χ0) is 22.5. The summed E-state index contributed by atoms with van der Waals surface area (Å²) in [4.78, 5) is 26.7. The van der Waals surface area contributed by atoms with Gasteiger partial charge in [-0.15, -0.1) is 0 Å². The number of Topliss-reactive ketones (excluding diaryl/α,β-unsaturated/α-hetero) is 1. The summed E-state index contributed by atoms with van der Waals surface area (Å²) in [6.07, 6.45) is 1.28. The molecule has 2 aliphatic rings. The molecule has 0 aliphatic carbocycles. The van der Waals surface area contributed by atoms with Crippen molar-refractivity contribution in [2.45, 2.75) is 31.4 Å². The Kier molecular flexibility index (Phi) is 6.84. The summed E-state index contributed by atoms with van der Waals surface area (Å²) in [6.45, 7) is 2.56. The van der Waals surface area contributed by atoms with Crippen LogP contribution < -0.4 is 15.5 Å². The van der Waals surface area contributed by atoms with E-state index in [2.05, 4.69) is 27.7 Å². The average molecular weight is 433 g/mol. The number of benzene rings is 2. The first-order valence-electron chi connectivity index (χ1n) is 11.0. The molecule has 0 spiro atoms. The Morgan fingerprint density at radius 2 is 2.06 bits per heavy atom. The first kappa shape index (κ1) is 22.0. The Morgan fingerprint density at radius 1 is 1.28 bits per heavy atom. The molecule has 1 saturated heterocycles. The van der Waals surface area contributed by atoms with E-state index in [-0.39, 0.29) is 11.7 Å². The first-order chi connectivity index (χ1) is 15.5. The first-order valence-corrected chi connectivity index (χ1v) is 11.0. The van der Waals surface area contributed by atoms with E-state index >= 15 is 0 Å². The van der Waals surface area contributed by atoms with Gasteiger partial charge in [0.25, 0.3) is 5.91 Å². The number of fused-ring (bicyclic) bond motifs is 1. The van der Waals surface area contributed by atoms with Crippen LogP contribution in [0.25, 0.3) is 11.1 Å². The van der Waals surface area contributed by atoms with Crippen LogP contribution in [0.5, 0.6) is 0 Å². The Hall–Kier alpha value is -3.21. The fraction of sp³-hybridized carbons (Fsp3) is 0.400. The van der Waals surface area contributed by atoms with Crippen molar-refractivity contribution >= 4 is 17.4 Å². The fourth-order valence-electron chi connectivity index (χ4n) is 4.13. The lowest BCUT2D eigenvalue weighted by molar-refractivity contribution is -0.132. The third-order valence-electron chi connectivity index (χ3n) is 6.02. The number of ether oxygens (including phenoxy) is 1. The summed E-state index contributed by atoms with van der Waals surface area (Å²) < 4.78 is 5.57. The van der Waals surface area contributed by atoms with E-state index in [0.29, 0.717) is 26.0 Å². The number of nitrogens with zero attached hydrogens (tertiary/aromatic N) is 2. The standard InChI is InChI=1S/C25H28N4O3/c1-29-11-9-23(30)21-8-7-19(14-22(21)29)18-5-3-17(4-6-18)13-20(15-26)28-25(31)24-16-27-10-2-12-32-24/h3-8,14,20,24,27H,2,9-13,16H2,1H3,(H,28,31)/t20-,24-/m0/s1. The molecule has 2 N–H and O–H groups in total. The van der Waals surface area contributed by atoms with E-state index in [0.717, 1.165) is 47.5 Å². The summed E-state index contributed by atoms with van der Waals surface area (Å²) in [7, 11) is 2.00. The third kappa shape index (κ3) is 4.98. The number of nitriles is 1. The minimum absolute atomic E-state index is 0.189. The highest BCUT2D eigenvalue weighted by atomic mass is 16.5. The van der Waals surface area contributed by atoms with Crippen molar-refractivity contribution in [1.82, 2.24) is 10.6 Å². The molecule has 0 bridgehead atoms. The molecule has 2 heterocycles. The van der Waals surface area contributed by atoms with Crippen LogP contribution in [0, 0.1) is 11.3 Å². The molecule has 4 rings (SSSR count). The molecular weight excluding hydrogens is 404 g/mol. The van der Waals surface area contributed by atoms with Gasteiger partial charge < -0.3 is 20.3 Å². The molecule has 0 unspecified atom stereocenters. The molecule has 1 fully saturated rings. The van der Waals surface area contributed by atoms with Crippen molar-refractivity contribution in [1.29, 1.82) is 5.26 Å². The summed E-state index contributed by atoms with van der Waals surface area (Å²) in [5, 5.41) is 15.5. The van der Waals surface area contributed by atoms with Gasteiger partial charge in [-0.1, -0.05) is 30.3 Å². The van der Waals surface area contributed by atoms with E-state index in [1.807, 2.05) is 43.4 Å². The average Bonchev–Trinajstić information content (AvgIpc) is 3.11. The number of nitrogens with one attached hydrogen (secondary N) is 2. The number of amides is 1. The monoisotopic (exact) mass is 432 g/mol. The predicted octanol–water partition coefficient (Wildman–Crippen LogP) is 2.31. The fourth-order valence-corrected chi connectivity index (χ4v) is 4.13. The topological polar surface area (TPSA) is 94.5 Å². The van der Waals surface area contributed by atoms with Gasteiger partial charge in [-0.05, 0) is 41.8 Å². The van der Waals surface area contributed by atoms with E-state index in [1.54, 1.807) is 0 Å². The van der Waals surface area contributed by atoms with Crippen molar-refractivity contribution in [2.75, 3.05) is 38.2 Å². The second-order valence-electron chi connectivity index (χ2n) is 8.34. The van der Waals surface area contributed by atoms with Gasteiger partial charge in [-0.25, -0.2) is 0 Å². The maximum Gasteiger partial charge on any atom is 0.251 e. The van der Waals surface area contributed by atoms with Gasteiger partial charge in [0.1, 0.15) is 12.1 Å². The lowest BCUT2D eigenvalue weighted by atomic mass is 9.95. The number of hydrogen-bond donors (Lipinski definition) is 2. The Bertz CT molecular complexity index is 1020. The number of anilines is 1. The van der Waals surface area contributed by atoms with Crippen molar-refractivity contribution < 1.29 is 14.3 Å². The highest BCUT2D eigenvalue weighted by Gasteiger charge is 2.24. The van der Waals surface area contributed by atoms with Crippen LogP contribution in [0.3, 0.4) is 0 Å². The second kappa shape index (κ2) is 9.94. The van der Waals surface area contributed by atoms with Gasteiger partial charge in [-0.2, -0.15) is 5.26 Å². The van der Waals surface area contributed by atoms with E-state index in [9.17, 15) is 14.9 Å². The summed E-state index contributed by atoms with van der Waals surface area (Å²) >= 11 is 0. The second-order valence-corrected chi connectivity index (χ2v) is 8.34. The lowest BCUT2D eigenvalue weighted by Crippen LogP contribution is -2.46. The van der Waals surface area contributed by atoms with Crippen molar-refractivity contribution in [2.24, 2.45) is 0 Å². The summed E-state index contributed by atoms with van der Waals surface area (Å²) in [5.41, 5.74) is 4.79. The molecule has 2 aromatic carbocycles. The molecule has 0 radical (unpaired) electrons. The van der Waals surface area contributed by atoms with Gasteiger partial charge in [0.05, 0.1) is 6.07 Å². The number of ketones is 1. The molecule has 2 aliphatic heterocycles.